The highest BCUT2D eigenvalue weighted by atomic mass is 35.5. The maximum Gasteiger partial charge on any atom is 0.251 e. The van der Waals surface area contributed by atoms with Crippen molar-refractivity contribution in [1.29, 1.82) is 0 Å². The molecule has 0 saturated carbocycles. The molecule has 2 N–H and O–H groups in total. The average molecular weight is 380 g/mol. The first-order valence-corrected chi connectivity index (χ1v) is 9.40. The minimum absolute atomic E-state index is 0.0643. The summed E-state index contributed by atoms with van der Waals surface area (Å²) in [4.78, 5) is 13.1. The lowest BCUT2D eigenvalue weighted by Gasteiger charge is -2.26. The molecule has 0 aliphatic carbocycles. The molecule has 3 nitrogen and oxygen atoms in total. The second-order valence-corrected chi connectivity index (χ2v) is 7.13. The fraction of sp³-hybridized carbons (Fsp3) is 0.174. The van der Waals surface area contributed by atoms with Gasteiger partial charge in [0.25, 0.3) is 5.91 Å². The van der Waals surface area contributed by atoms with Crippen LogP contribution in [0.5, 0.6) is 0 Å². The summed E-state index contributed by atoms with van der Waals surface area (Å²) in [5, 5.41) is 3.40. The summed E-state index contributed by atoms with van der Waals surface area (Å²) in [6.07, 6.45) is 0. The maximum absolute atomic E-state index is 11.7. The minimum atomic E-state index is -0.0643. The lowest BCUT2D eigenvalue weighted by Crippen LogP contribution is -3.08. The van der Waals surface area contributed by atoms with Crippen LogP contribution in [0, 0.1) is 0 Å². The van der Waals surface area contributed by atoms with E-state index in [1.165, 1.54) is 21.6 Å². The fourth-order valence-corrected chi connectivity index (χ4v) is 3.53. The van der Waals surface area contributed by atoms with E-state index in [0.29, 0.717) is 5.56 Å². The standard InChI is InChI=1S/C23H23ClN2O/c1-25-23(27)20-10-8-17(9-11-20)16-26(2)22(18-6-4-3-5-7-18)19-12-14-21(24)15-13-19/h3-15,22H,16H2,1-2H3,(H,25,27)/p+1/t22-/m1/s1. The van der Waals surface area contributed by atoms with Gasteiger partial charge in [0.05, 0.1) is 7.05 Å². The van der Waals surface area contributed by atoms with E-state index in [1.807, 2.05) is 42.5 Å². The summed E-state index contributed by atoms with van der Waals surface area (Å²) < 4.78 is 0. The van der Waals surface area contributed by atoms with Gasteiger partial charge in [0.1, 0.15) is 12.6 Å². The number of halogens is 1. The Bertz CT molecular complexity index is 877. The Kier molecular flexibility index (Phi) is 6.28. The van der Waals surface area contributed by atoms with Gasteiger partial charge in [-0.25, -0.2) is 0 Å². The van der Waals surface area contributed by atoms with Crippen molar-refractivity contribution in [1.82, 2.24) is 5.32 Å². The summed E-state index contributed by atoms with van der Waals surface area (Å²) in [6, 6.07) is 26.6. The van der Waals surface area contributed by atoms with Gasteiger partial charge in [0, 0.05) is 34.3 Å². The summed E-state index contributed by atoms with van der Waals surface area (Å²) in [5.74, 6) is -0.0643. The van der Waals surface area contributed by atoms with Gasteiger partial charge < -0.3 is 10.2 Å². The molecule has 0 aromatic heterocycles. The molecule has 0 spiro atoms. The number of rotatable bonds is 6. The highest BCUT2D eigenvalue weighted by Crippen LogP contribution is 2.21. The van der Waals surface area contributed by atoms with Gasteiger partial charge in [-0.05, 0) is 24.3 Å². The van der Waals surface area contributed by atoms with Gasteiger partial charge in [-0.2, -0.15) is 0 Å². The van der Waals surface area contributed by atoms with E-state index in [0.717, 1.165) is 11.6 Å². The van der Waals surface area contributed by atoms with Crippen LogP contribution in [-0.4, -0.2) is 20.0 Å². The molecule has 3 aromatic rings. The molecule has 0 aliphatic heterocycles. The topological polar surface area (TPSA) is 33.5 Å². The summed E-state index contributed by atoms with van der Waals surface area (Å²) in [7, 11) is 3.84. The van der Waals surface area contributed by atoms with Crippen molar-refractivity contribution in [2.45, 2.75) is 12.6 Å². The molecule has 1 unspecified atom stereocenters. The van der Waals surface area contributed by atoms with Crippen LogP contribution in [0.2, 0.25) is 5.02 Å². The van der Waals surface area contributed by atoms with Crippen LogP contribution in [0.25, 0.3) is 0 Å². The first-order chi connectivity index (χ1) is 13.1. The van der Waals surface area contributed by atoms with Crippen LogP contribution in [-0.2, 0) is 6.54 Å². The van der Waals surface area contributed by atoms with Crippen molar-refractivity contribution in [2.75, 3.05) is 14.1 Å². The van der Waals surface area contributed by atoms with Crippen molar-refractivity contribution in [2.24, 2.45) is 0 Å². The molecular weight excluding hydrogens is 356 g/mol. The van der Waals surface area contributed by atoms with Gasteiger partial charge in [0.15, 0.2) is 0 Å². The largest absolute Gasteiger partial charge is 0.355 e. The fourth-order valence-electron chi connectivity index (χ4n) is 3.40. The Labute approximate surface area is 165 Å². The summed E-state index contributed by atoms with van der Waals surface area (Å²) in [5.41, 5.74) is 4.36. The van der Waals surface area contributed by atoms with Crippen molar-refractivity contribution < 1.29 is 9.69 Å². The first-order valence-electron chi connectivity index (χ1n) is 9.02. The number of amides is 1. The number of carbonyl (C=O) groups excluding carboxylic acids is 1. The zero-order chi connectivity index (χ0) is 19.2. The van der Waals surface area contributed by atoms with Crippen molar-refractivity contribution >= 4 is 17.5 Å². The predicted molar refractivity (Wildman–Crippen MR) is 110 cm³/mol. The van der Waals surface area contributed by atoms with Crippen LogP contribution in [0.15, 0.2) is 78.9 Å². The smallest absolute Gasteiger partial charge is 0.251 e. The van der Waals surface area contributed by atoms with Crippen molar-refractivity contribution in [3.63, 3.8) is 0 Å². The number of nitrogens with one attached hydrogen (secondary N) is 2. The van der Waals surface area contributed by atoms with Crippen LogP contribution in [0.3, 0.4) is 0 Å². The van der Waals surface area contributed by atoms with Crippen molar-refractivity contribution in [3.8, 4) is 0 Å². The molecule has 3 aromatic carbocycles. The average Bonchev–Trinajstić information content (AvgIpc) is 2.70. The van der Waals surface area contributed by atoms with Gasteiger partial charge >= 0.3 is 0 Å². The number of benzene rings is 3. The summed E-state index contributed by atoms with van der Waals surface area (Å²) >= 11 is 6.08. The zero-order valence-electron chi connectivity index (χ0n) is 15.6. The van der Waals surface area contributed by atoms with Gasteiger partial charge in [0.2, 0.25) is 0 Å². The van der Waals surface area contributed by atoms with E-state index in [9.17, 15) is 4.79 Å². The van der Waals surface area contributed by atoms with E-state index in [2.05, 4.69) is 48.8 Å². The lowest BCUT2D eigenvalue weighted by atomic mass is 9.97. The van der Waals surface area contributed by atoms with Crippen LogP contribution >= 0.6 is 11.6 Å². The summed E-state index contributed by atoms with van der Waals surface area (Å²) in [6.45, 7) is 0.843. The van der Waals surface area contributed by atoms with Crippen molar-refractivity contribution in [3.05, 3.63) is 106 Å². The molecule has 138 valence electrons. The molecule has 0 aliphatic rings. The molecule has 0 saturated heterocycles. The van der Waals surface area contributed by atoms with Crippen LogP contribution < -0.4 is 10.2 Å². The second kappa shape index (κ2) is 8.85. The zero-order valence-corrected chi connectivity index (χ0v) is 16.3. The first kappa shape index (κ1) is 19.2. The molecule has 4 heteroatoms. The Morgan fingerprint density at radius 1 is 0.926 bits per heavy atom. The number of carbonyl (C=O) groups is 1. The van der Waals surface area contributed by atoms with Crippen LogP contribution in [0.1, 0.15) is 33.1 Å². The SMILES string of the molecule is CNC(=O)c1ccc(C[NH+](C)[C@H](c2ccccc2)c2ccc(Cl)cc2)cc1. The molecule has 0 heterocycles. The van der Waals surface area contributed by atoms with E-state index in [1.54, 1.807) is 7.05 Å². The van der Waals surface area contributed by atoms with Gasteiger partial charge in [-0.3, -0.25) is 4.79 Å². The molecule has 0 fully saturated rings. The highest BCUT2D eigenvalue weighted by molar-refractivity contribution is 6.30. The third-order valence-electron chi connectivity index (χ3n) is 4.76. The highest BCUT2D eigenvalue weighted by Gasteiger charge is 2.23. The van der Waals surface area contributed by atoms with Crippen LogP contribution in [0.4, 0.5) is 0 Å². The van der Waals surface area contributed by atoms with E-state index in [-0.39, 0.29) is 11.9 Å². The quantitative estimate of drug-likeness (QED) is 0.675. The predicted octanol–water partition coefficient (Wildman–Crippen LogP) is 3.50. The molecule has 0 bridgehead atoms. The maximum atomic E-state index is 11.7. The van der Waals surface area contributed by atoms with E-state index in [4.69, 9.17) is 11.6 Å². The molecule has 1 amide bonds. The normalized spacial score (nSPS) is 13.0. The number of quaternary nitrogens is 1. The molecule has 2 atom stereocenters. The number of hydrogen-bond donors (Lipinski definition) is 2. The van der Waals surface area contributed by atoms with E-state index < -0.39 is 0 Å². The Hall–Kier alpha value is -2.62. The third kappa shape index (κ3) is 4.76. The number of hydrogen-bond acceptors (Lipinski definition) is 1. The monoisotopic (exact) mass is 379 g/mol. The Morgan fingerprint density at radius 3 is 2.11 bits per heavy atom. The second-order valence-electron chi connectivity index (χ2n) is 6.69. The van der Waals surface area contributed by atoms with Gasteiger partial charge in [-0.1, -0.05) is 66.2 Å². The molecule has 27 heavy (non-hydrogen) atoms. The molecule has 3 rings (SSSR count). The molecule has 0 radical (unpaired) electrons. The van der Waals surface area contributed by atoms with Gasteiger partial charge in [-0.15, -0.1) is 0 Å². The Morgan fingerprint density at radius 2 is 1.52 bits per heavy atom. The minimum Gasteiger partial charge on any atom is -0.355 e. The van der Waals surface area contributed by atoms with E-state index >= 15 is 0 Å². The molecular formula is C23H24ClN2O+. The Balaban J connectivity index is 1.86. The lowest BCUT2D eigenvalue weighted by molar-refractivity contribution is -0.919. The third-order valence-corrected chi connectivity index (χ3v) is 5.01.